The van der Waals surface area contributed by atoms with Crippen LogP contribution in [0.15, 0.2) is 18.2 Å². The number of rotatable bonds is 5. The molecule has 1 atom stereocenters. The minimum Gasteiger partial charge on any atom is -0.480 e. The number of carboxylic acids is 1. The number of anilines is 1. The van der Waals surface area contributed by atoms with Crippen LogP contribution in [0, 0.1) is 28.6 Å². The van der Waals surface area contributed by atoms with Crippen molar-refractivity contribution < 1.29 is 9.90 Å². The van der Waals surface area contributed by atoms with E-state index in [1.165, 1.54) is 0 Å². The van der Waals surface area contributed by atoms with Gasteiger partial charge >= 0.3 is 5.97 Å². The van der Waals surface area contributed by atoms with Crippen LogP contribution in [0.4, 0.5) is 5.69 Å². The van der Waals surface area contributed by atoms with Crippen molar-refractivity contribution in [2.24, 2.45) is 5.92 Å². The van der Waals surface area contributed by atoms with Crippen LogP contribution in [-0.2, 0) is 4.79 Å². The van der Waals surface area contributed by atoms with Gasteiger partial charge in [-0.1, -0.05) is 0 Å². The third-order valence-electron chi connectivity index (χ3n) is 3.55. The molecule has 1 saturated carbocycles. The lowest BCUT2D eigenvalue weighted by atomic mass is 10.1. The molecule has 0 amide bonds. The lowest BCUT2D eigenvalue weighted by Crippen LogP contribution is -2.40. The lowest BCUT2D eigenvalue weighted by molar-refractivity contribution is -0.138. The quantitative estimate of drug-likeness (QED) is 0.884. The van der Waals surface area contributed by atoms with Gasteiger partial charge in [-0.25, -0.2) is 4.79 Å². The zero-order chi connectivity index (χ0) is 14.7. The Bertz CT molecular complexity index is 609. The van der Waals surface area contributed by atoms with Crippen LogP contribution in [0.5, 0.6) is 0 Å². The highest BCUT2D eigenvalue weighted by molar-refractivity contribution is 5.78. The van der Waals surface area contributed by atoms with E-state index in [4.69, 9.17) is 10.5 Å². The fraction of sp³-hybridized carbons (Fsp3) is 0.400. The average molecular weight is 269 g/mol. The Balaban J connectivity index is 2.35. The molecular formula is C15H15N3O2. The number of hydrogen-bond donors (Lipinski definition) is 1. The maximum atomic E-state index is 11.2. The zero-order valence-corrected chi connectivity index (χ0v) is 11.2. The third-order valence-corrected chi connectivity index (χ3v) is 3.55. The fourth-order valence-electron chi connectivity index (χ4n) is 2.10. The van der Waals surface area contributed by atoms with Crippen LogP contribution in [0.2, 0.25) is 0 Å². The molecule has 0 unspecified atom stereocenters. The standard InChI is InChI=1S/C15H15N3O2/c1-10(15(19)20)18(9-11-2-3-11)14-5-4-12(7-16)13(6-14)8-17/h4-6,10-11H,2-3,9H2,1H3,(H,19,20)/t10-/m0/s1. The number of carboxylic acid groups (broad SMARTS) is 1. The van der Waals surface area contributed by atoms with Gasteiger partial charge in [-0.15, -0.1) is 0 Å². The van der Waals surface area contributed by atoms with Gasteiger partial charge in [0.15, 0.2) is 0 Å². The molecule has 0 saturated heterocycles. The molecule has 1 N–H and O–H groups in total. The Morgan fingerprint density at radius 1 is 1.40 bits per heavy atom. The molecular weight excluding hydrogens is 254 g/mol. The van der Waals surface area contributed by atoms with Gasteiger partial charge in [-0.05, 0) is 43.9 Å². The summed E-state index contributed by atoms with van der Waals surface area (Å²) >= 11 is 0. The maximum absolute atomic E-state index is 11.2. The third kappa shape index (κ3) is 2.89. The highest BCUT2D eigenvalue weighted by Crippen LogP contribution is 2.32. The van der Waals surface area contributed by atoms with E-state index >= 15 is 0 Å². The second kappa shape index (κ2) is 5.63. The number of aliphatic carboxylic acids is 1. The predicted molar refractivity (Wildman–Crippen MR) is 73.0 cm³/mol. The van der Waals surface area contributed by atoms with Crippen molar-refractivity contribution in [3.8, 4) is 12.1 Å². The summed E-state index contributed by atoms with van der Waals surface area (Å²) in [6.07, 6.45) is 2.23. The molecule has 0 aromatic heterocycles. The molecule has 0 radical (unpaired) electrons. The van der Waals surface area contributed by atoms with E-state index in [1.54, 1.807) is 30.0 Å². The summed E-state index contributed by atoms with van der Waals surface area (Å²) in [5.41, 5.74) is 1.27. The van der Waals surface area contributed by atoms with Crippen molar-refractivity contribution in [2.45, 2.75) is 25.8 Å². The smallest absolute Gasteiger partial charge is 0.326 e. The summed E-state index contributed by atoms with van der Waals surface area (Å²) in [4.78, 5) is 13.0. The molecule has 1 fully saturated rings. The van der Waals surface area contributed by atoms with Crippen LogP contribution >= 0.6 is 0 Å². The summed E-state index contributed by atoms with van der Waals surface area (Å²) in [7, 11) is 0. The highest BCUT2D eigenvalue weighted by Gasteiger charge is 2.29. The van der Waals surface area contributed by atoms with E-state index in [-0.39, 0.29) is 5.56 Å². The predicted octanol–water partition coefficient (Wildman–Crippen LogP) is 2.12. The topological polar surface area (TPSA) is 88.1 Å². The first-order chi connectivity index (χ1) is 9.56. The molecule has 0 spiro atoms. The number of carbonyl (C=O) groups is 1. The van der Waals surface area contributed by atoms with Gasteiger partial charge in [-0.3, -0.25) is 0 Å². The van der Waals surface area contributed by atoms with Gasteiger partial charge in [0, 0.05) is 12.2 Å². The summed E-state index contributed by atoms with van der Waals surface area (Å²) in [5, 5.41) is 27.2. The molecule has 5 nitrogen and oxygen atoms in total. The van der Waals surface area contributed by atoms with E-state index < -0.39 is 12.0 Å². The normalized spacial score (nSPS) is 14.9. The van der Waals surface area contributed by atoms with E-state index in [0.717, 1.165) is 12.8 Å². The second-order valence-electron chi connectivity index (χ2n) is 5.06. The van der Waals surface area contributed by atoms with Gasteiger partial charge in [0.2, 0.25) is 0 Å². The van der Waals surface area contributed by atoms with Crippen LogP contribution in [0.1, 0.15) is 30.9 Å². The van der Waals surface area contributed by atoms with Gasteiger partial charge in [0.1, 0.15) is 18.2 Å². The van der Waals surface area contributed by atoms with E-state index in [0.29, 0.717) is 23.7 Å². The van der Waals surface area contributed by atoms with Gasteiger partial charge < -0.3 is 10.0 Å². The van der Waals surface area contributed by atoms with Gasteiger partial charge in [0.25, 0.3) is 0 Å². The Hall–Kier alpha value is -2.53. The minimum atomic E-state index is -0.895. The van der Waals surface area contributed by atoms with Crippen molar-refractivity contribution in [1.82, 2.24) is 0 Å². The first-order valence-electron chi connectivity index (χ1n) is 6.50. The fourth-order valence-corrected chi connectivity index (χ4v) is 2.10. The monoisotopic (exact) mass is 269 g/mol. The molecule has 2 rings (SSSR count). The molecule has 20 heavy (non-hydrogen) atoms. The van der Waals surface area contributed by atoms with Gasteiger partial charge in [0.05, 0.1) is 11.1 Å². The van der Waals surface area contributed by atoms with Crippen molar-refractivity contribution in [1.29, 1.82) is 10.5 Å². The van der Waals surface area contributed by atoms with E-state index in [9.17, 15) is 9.90 Å². The molecule has 1 aromatic carbocycles. The zero-order valence-electron chi connectivity index (χ0n) is 11.2. The van der Waals surface area contributed by atoms with E-state index in [1.807, 2.05) is 12.1 Å². The molecule has 0 aliphatic heterocycles. The Labute approximate surface area is 117 Å². The lowest BCUT2D eigenvalue weighted by Gasteiger charge is -2.29. The molecule has 102 valence electrons. The first kappa shape index (κ1) is 13.9. The van der Waals surface area contributed by atoms with Crippen molar-refractivity contribution in [3.05, 3.63) is 29.3 Å². The maximum Gasteiger partial charge on any atom is 0.326 e. The molecule has 5 heteroatoms. The number of nitrogens with zero attached hydrogens (tertiary/aromatic N) is 3. The van der Waals surface area contributed by atoms with Crippen molar-refractivity contribution in [3.63, 3.8) is 0 Å². The Kier molecular flexibility index (Phi) is 3.91. The molecule has 1 aliphatic rings. The number of nitriles is 2. The largest absolute Gasteiger partial charge is 0.480 e. The van der Waals surface area contributed by atoms with Crippen LogP contribution in [0.25, 0.3) is 0 Å². The van der Waals surface area contributed by atoms with Crippen LogP contribution in [0.3, 0.4) is 0 Å². The molecule has 1 aliphatic carbocycles. The molecule has 0 heterocycles. The summed E-state index contributed by atoms with van der Waals surface area (Å²) in [6.45, 7) is 2.30. The van der Waals surface area contributed by atoms with Crippen LogP contribution in [-0.4, -0.2) is 23.7 Å². The minimum absolute atomic E-state index is 0.281. The van der Waals surface area contributed by atoms with Crippen molar-refractivity contribution in [2.75, 3.05) is 11.4 Å². The SMILES string of the molecule is C[C@@H](C(=O)O)N(CC1CC1)c1ccc(C#N)c(C#N)c1. The van der Waals surface area contributed by atoms with E-state index in [2.05, 4.69) is 0 Å². The first-order valence-corrected chi connectivity index (χ1v) is 6.50. The summed E-state index contributed by atoms with van der Waals surface area (Å²) < 4.78 is 0. The summed E-state index contributed by atoms with van der Waals surface area (Å²) in [6, 6.07) is 8.16. The van der Waals surface area contributed by atoms with Crippen molar-refractivity contribution >= 4 is 11.7 Å². The summed E-state index contributed by atoms with van der Waals surface area (Å²) in [5.74, 6) is -0.369. The number of hydrogen-bond acceptors (Lipinski definition) is 4. The Morgan fingerprint density at radius 3 is 2.55 bits per heavy atom. The Morgan fingerprint density at radius 2 is 2.05 bits per heavy atom. The average Bonchev–Trinajstić information content (AvgIpc) is 3.27. The number of benzene rings is 1. The molecule has 0 bridgehead atoms. The second-order valence-corrected chi connectivity index (χ2v) is 5.06. The van der Waals surface area contributed by atoms with Crippen LogP contribution < -0.4 is 4.90 Å². The van der Waals surface area contributed by atoms with Gasteiger partial charge in [-0.2, -0.15) is 10.5 Å². The highest BCUT2D eigenvalue weighted by atomic mass is 16.4. The molecule has 1 aromatic rings.